The van der Waals surface area contributed by atoms with Crippen LogP contribution in [0.25, 0.3) is 0 Å². The molecule has 0 aromatic heterocycles. The molecule has 1 aromatic carbocycles. The van der Waals surface area contributed by atoms with Crippen LogP contribution in [0.3, 0.4) is 0 Å². The number of nitrogens with one attached hydrogen (secondary N) is 1. The first-order valence-corrected chi connectivity index (χ1v) is 7.54. The van der Waals surface area contributed by atoms with Crippen LogP contribution in [0, 0.1) is 10.1 Å². The summed E-state index contributed by atoms with van der Waals surface area (Å²) in [5.74, 6) is 1.03. The molecule has 1 unspecified atom stereocenters. The van der Waals surface area contributed by atoms with Gasteiger partial charge in [0, 0.05) is 31.1 Å². The van der Waals surface area contributed by atoms with E-state index in [1.165, 1.54) is 0 Å². The van der Waals surface area contributed by atoms with E-state index < -0.39 is 0 Å². The molecule has 0 bridgehead atoms. The number of para-hydroxylation sites is 1. The van der Waals surface area contributed by atoms with Gasteiger partial charge in [-0.05, 0) is 18.6 Å². The molecule has 1 fully saturated rings. The highest BCUT2D eigenvalue weighted by molar-refractivity contribution is 8.00. The largest absolute Gasteiger partial charge is 0.382 e. The Hall–Kier alpha value is -1.43. The van der Waals surface area contributed by atoms with E-state index in [-0.39, 0.29) is 10.6 Å². The third kappa shape index (κ3) is 2.94. The molecule has 1 aliphatic rings. The summed E-state index contributed by atoms with van der Waals surface area (Å²) in [5.41, 5.74) is 1.50. The third-order valence-electron chi connectivity index (χ3n) is 3.40. The summed E-state index contributed by atoms with van der Waals surface area (Å²) in [6, 6.07) is 5.47. The molecule has 104 valence electrons. The van der Waals surface area contributed by atoms with Crippen molar-refractivity contribution in [1.29, 1.82) is 0 Å². The quantitative estimate of drug-likeness (QED) is 0.679. The van der Waals surface area contributed by atoms with Crippen molar-refractivity contribution < 1.29 is 4.92 Å². The van der Waals surface area contributed by atoms with Gasteiger partial charge in [-0.2, -0.15) is 11.8 Å². The summed E-state index contributed by atoms with van der Waals surface area (Å²) < 4.78 is 0. The molecule has 1 aromatic rings. The lowest BCUT2D eigenvalue weighted by molar-refractivity contribution is -0.383. The Bertz CT molecular complexity index is 467. The topological polar surface area (TPSA) is 58.4 Å². The minimum absolute atomic E-state index is 0.187. The normalized spacial score (nSPS) is 19.3. The highest BCUT2D eigenvalue weighted by Crippen LogP contribution is 2.37. The number of nitrogens with zero attached hydrogens (tertiary/aromatic N) is 2. The summed E-state index contributed by atoms with van der Waals surface area (Å²) in [6.07, 6.45) is 1.10. The predicted molar refractivity (Wildman–Crippen MR) is 81.4 cm³/mol. The Morgan fingerprint density at radius 1 is 1.58 bits per heavy atom. The molecule has 5 nitrogen and oxygen atoms in total. The maximum Gasteiger partial charge on any atom is 0.315 e. The molecule has 0 spiro atoms. The first-order chi connectivity index (χ1) is 9.17. The van der Waals surface area contributed by atoms with Crippen molar-refractivity contribution in [3.05, 3.63) is 28.3 Å². The second kappa shape index (κ2) is 6.14. The van der Waals surface area contributed by atoms with Gasteiger partial charge in [-0.15, -0.1) is 0 Å². The lowest BCUT2D eigenvalue weighted by Crippen LogP contribution is -2.38. The molecule has 19 heavy (non-hydrogen) atoms. The molecule has 2 rings (SSSR count). The maximum atomic E-state index is 11.3. The lowest BCUT2D eigenvalue weighted by Gasteiger charge is -2.33. The molecule has 0 aliphatic carbocycles. The van der Waals surface area contributed by atoms with E-state index in [2.05, 4.69) is 17.1 Å². The number of benzene rings is 1. The van der Waals surface area contributed by atoms with Gasteiger partial charge >= 0.3 is 5.69 Å². The van der Waals surface area contributed by atoms with Crippen molar-refractivity contribution in [3.63, 3.8) is 0 Å². The zero-order valence-electron chi connectivity index (χ0n) is 11.3. The number of nitro benzene ring substituents is 1. The van der Waals surface area contributed by atoms with E-state index >= 15 is 0 Å². The minimum Gasteiger partial charge on any atom is -0.382 e. The fourth-order valence-electron chi connectivity index (χ4n) is 2.37. The molecule has 1 saturated heterocycles. The van der Waals surface area contributed by atoms with Crippen molar-refractivity contribution in [2.75, 3.05) is 36.1 Å². The number of thioether (sulfide) groups is 1. The highest BCUT2D eigenvalue weighted by atomic mass is 32.2. The molecule has 0 radical (unpaired) electrons. The second-order valence-corrected chi connectivity index (χ2v) is 5.94. The average molecular weight is 281 g/mol. The predicted octanol–water partition coefficient (Wildman–Crippen LogP) is 2.97. The van der Waals surface area contributed by atoms with E-state index in [0.717, 1.165) is 31.0 Å². The first kappa shape index (κ1) is 14.0. The van der Waals surface area contributed by atoms with Gasteiger partial charge in [0.15, 0.2) is 0 Å². The molecule has 1 atom stereocenters. The van der Waals surface area contributed by atoms with Gasteiger partial charge in [0.2, 0.25) is 0 Å². The molecule has 1 aliphatic heterocycles. The van der Waals surface area contributed by atoms with Crippen molar-refractivity contribution in [1.82, 2.24) is 0 Å². The minimum atomic E-state index is -0.288. The van der Waals surface area contributed by atoms with Crippen LogP contribution < -0.4 is 10.2 Å². The van der Waals surface area contributed by atoms with Crippen LogP contribution in [-0.4, -0.2) is 36.1 Å². The number of hydrogen-bond donors (Lipinski definition) is 1. The van der Waals surface area contributed by atoms with Gasteiger partial charge in [-0.25, -0.2) is 0 Å². The van der Waals surface area contributed by atoms with Gasteiger partial charge in [0.05, 0.1) is 4.92 Å². The Kier molecular flexibility index (Phi) is 4.52. The van der Waals surface area contributed by atoms with Gasteiger partial charge in [-0.3, -0.25) is 10.1 Å². The van der Waals surface area contributed by atoms with E-state index in [4.69, 9.17) is 0 Å². The molecular weight excluding hydrogens is 262 g/mol. The summed E-state index contributed by atoms with van der Waals surface area (Å²) in [5, 5.41) is 14.8. The molecule has 6 heteroatoms. The number of rotatable bonds is 4. The second-order valence-electron chi connectivity index (χ2n) is 4.53. The molecule has 0 saturated carbocycles. The summed E-state index contributed by atoms with van der Waals surface area (Å²) in [7, 11) is 1.72. The van der Waals surface area contributed by atoms with Gasteiger partial charge < -0.3 is 10.2 Å². The smallest absolute Gasteiger partial charge is 0.315 e. The Balaban J connectivity index is 2.35. The van der Waals surface area contributed by atoms with Crippen molar-refractivity contribution in [2.24, 2.45) is 0 Å². The van der Waals surface area contributed by atoms with Crippen LogP contribution in [0.5, 0.6) is 0 Å². The molecule has 1 N–H and O–H groups in total. The highest BCUT2D eigenvalue weighted by Gasteiger charge is 2.27. The van der Waals surface area contributed by atoms with E-state index in [9.17, 15) is 10.1 Å². The number of anilines is 2. The standard InChI is InChI=1S/C13H19N3O2S/c1-3-10-9-15(7-8-19-10)12-6-4-5-11(14-2)13(12)16(17)18/h4-6,10,14H,3,7-9H2,1-2H3. The fraction of sp³-hybridized carbons (Fsp3) is 0.538. The van der Waals surface area contributed by atoms with Gasteiger partial charge in [-0.1, -0.05) is 13.0 Å². The summed E-state index contributed by atoms with van der Waals surface area (Å²) in [4.78, 5) is 13.2. The molecule has 0 amide bonds. The fourth-order valence-corrected chi connectivity index (χ4v) is 3.55. The van der Waals surface area contributed by atoms with E-state index in [1.807, 2.05) is 23.9 Å². The van der Waals surface area contributed by atoms with Crippen LogP contribution in [-0.2, 0) is 0 Å². The number of hydrogen-bond acceptors (Lipinski definition) is 5. The first-order valence-electron chi connectivity index (χ1n) is 6.49. The van der Waals surface area contributed by atoms with E-state index in [0.29, 0.717) is 10.9 Å². The Morgan fingerprint density at radius 2 is 2.37 bits per heavy atom. The van der Waals surface area contributed by atoms with Gasteiger partial charge in [0.25, 0.3) is 0 Å². The van der Waals surface area contributed by atoms with Crippen molar-refractivity contribution in [3.8, 4) is 0 Å². The molecular formula is C13H19N3O2S. The number of nitro groups is 1. The van der Waals surface area contributed by atoms with Crippen LogP contribution in [0.2, 0.25) is 0 Å². The van der Waals surface area contributed by atoms with Crippen LogP contribution in [0.1, 0.15) is 13.3 Å². The summed E-state index contributed by atoms with van der Waals surface area (Å²) >= 11 is 1.96. The zero-order valence-corrected chi connectivity index (χ0v) is 12.1. The van der Waals surface area contributed by atoms with Crippen LogP contribution >= 0.6 is 11.8 Å². The Morgan fingerprint density at radius 3 is 3.00 bits per heavy atom. The van der Waals surface area contributed by atoms with E-state index in [1.54, 1.807) is 13.1 Å². The lowest BCUT2D eigenvalue weighted by atomic mass is 10.2. The van der Waals surface area contributed by atoms with Crippen LogP contribution in [0.15, 0.2) is 18.2 Å². The van der Waals surface area contributed by atoms with Crippen LogP contribution in [0.4, 0.5) is 17.1 Å². The molecule has 1 heterocycles. The monoisotopic (exact) mass is 281 g/mol. The van der Waals surface area contributed by atoms with Crippen molar-refractivity contribution >= 4 is 28.8 Å². The average Bonchev–Trinajstić information content (AvgIpc) is 2.46. The maximum absolute atomic E-state index is 11.3. The van der Waals surface area contributed by atoms with Crippen molar-refractivity contribution in [2.45, 2.75) is 18.6 Å². The summed E-state index contributed by atoms with van der Waals surface area (Å²) in [6.45, 7) is 3.92. The van der Waals surface area contributed by atoms with Gasteiger partial charge in [0.1, 0.15) is 11.4 Å². The SMILES string of the molecule is CCC1CN(c2cccc(NC)c2[N+](=O)[O-])CCS1. The Labute approximate surface area is 117 Å². The third-order valence-corrected chi connectivity index (χ3v) is 4.77. The zero-order chi connectivity index (χ0) is 13.8.